The molecule has 0 saturated carbocycles. The van der Waals surface area contributed by atoms with Crippen molar-refractivity contribution in [3.05, 3.63) is 101 Å². The van der Waals surface area contributed by atoms with Crippen LogP contribution in [0.3, 0.4) is 0 Å². The van der Waals surface area contributed by atoms with Gasteiger partial charge in [-0.05, 0) is 56.9 Å². The smallest absolute Gasteiger partial charge is 0.261 e. The lowest BCUT2D eigenvalue weighted by molar-refractivity contribution is -0.143. The average molecular weight is 487 g/mol. The van der Waals surface area contributed by atoms with E-state index in [0.29, 0.717) is 18.7 Å². The summed E-state index contributed by atoms with van der Waals surface area (Å²) in [7, 11) is 0. The quantitative estimate of drug-likeness (QED) is 0.387. The Bertz CT molecular complexity index is 1140. The van der Waals surface area contributed by atoms with Crippen molar-refractivity contribution in [1.29, 1.82) is 0 Å². The molecule has 3 rings (SSSR count). The summed E-state index contributed by atoms with van der Waals surface area (Å²) in [6.45, 7) is 10.2. The fraction of sp³-hybridized carbons (Fsp3) is 0.355. The molecule has 5 nitrogen and oxygen atoms in total. The van der Waals surface area contributed by atoms with E-state index in [1.807, 2.05) is 107 Å². The second-order valence-corrected chi connectivity index (χ2v) is 9.59. The summed E-state index contributed by atoms with van der Waals surface area (Å²) in [4.78, 5) is 28.9. The van der Waals surface area contributed by atoms with Crippen LogP contribution in [0.2, 0.25) is 0 Å². The number of hydrogen-bond acceptors (Lipinski definition) is 3. The van der Waals surface area contributed by atoms with Gasteiger partial charge >= 0.3 is 0 Å². The van der Waals surface area contributed by atoms with Crippen LogP contribution in [0.4, 0.5) is 0 Å². The van der Waals surface area contributed by atoms with Crippen LogP contribution in [0.5, 0.6) is 5.75 Å². The van der Waals surface area contributed by atoms with E-state index in [1.54, 1.807) is 4.90 Å². The highest BCUT2D eigenvalue weighted by Crippen LogP contribution is 2.20. The molecule has 1 N–H and O–H groups in total. The Morgan fingerprint density at radius 3 is 2.19 bits per heavy atom. The molecule has 0 fully saturated rings. The third-order valence-corrected chi connectivity index (χ3v) is 6.43. The summed E-state index contributed by atoms with van der Waals surface area (Å²) >= 11 is 0. The summed E-state index contributed by atoms with van der Waals surface area (Å²) in [6.07, 6.45) is 1.23. The highest BCUT2D eigenvalue weighted by Gasteiger charge is 2.31. The Kier molecular flexibility index (Phi) is 9.69. The lowest BCUT2D eigenvalue weighted by atomic mass is 10.0. The second-order valence-electron chi connectivity index (χ2n) is 9.59. The van der Waals surface area contributed by atoms with Crippen molar-refractivity contribution in [3.8, 4) is 5.75 Å². The molecule has 5 heteroatoms. The van der Waals surface area contributed by atoms with Gasteiger partial charge in [0.15, 0.2) is 6.61 Å². The molecule has 0 heterocycles. The number of rotatable bonds is 11. The number of benzene rings is 3. The van der Waals surface area contributed by atoms with Crippen LogP contribution < -0.4 is 10.1 Å². The van der Waals surface area contributed by atoms with Gasteiger partial charge in [0.05, 0.1) is 0 Å². The van der Waals surface area contributed by atoms with Crippen molar-refractivity contribution >= 4 is 11.8 Å². The van der Waals surface area contributed by atoms with Crippen molar-refractivity contribution in [2.24, 2.45) is 0 Å². The standard InChI is InChI=1S/C31H38N2O3/c1-6-25(5)32-31(35)28(19-26-10-8-7-9-11-26)33(20-27-15-12-22(2)13-16-27)30(34)21-36-29-17-14-23(3)18-24(29)4/h7-18,25,28H,6,19-21H2,1-5H3,(H,32,35)/t25-,28-/m1/s1. The summed E-state index contributed by atoms with van der Waals surface area (Å²) in [5.74, 6) is 0.295. The lowest BCUT2D eigenvalue weighted by Gasteiger charge is -2.32. The largest absolute Gasteiger partial charge is 0.483 e. The lowest BCUT2D eigenvalue weighted by Crippen LogP contribution is -2.53. The first-order valence-electron chi connectivity index (χ1n) is 12.7. The maximum Gasteiger partial charge on any atom is 0.261 e. The molecule has 3 aromatic carbocycles. The van der Waals surface area contributed by atoms with Gasteiger partial charge in [0.1, 0.15) is 11.8 Å². The molecule has 0 radical (unpaired) electrons. The normalized spacial score (nSPS) is 12.5. The number of carbonyl (C=O) groups excluding carboxylic acids is 2. The zero-order valence-electron chi connectivity index (χ0n) is 22.1. The minimum absolute atomic E-state index is 0.0126. The Hall–Kier alpha value is -3.60. The summed E-state index contributed by atoms with van der Waals surface area (Å²) < 4.78 is 5.95. The van der Waals surface area contributed by atoms with E-state index in [4.69, 9.17) is 4.74 Å². The molecule has 36 heavy (non-hydrogen) atoms. The van der Waals surface area contributed by atoms with E-state index in [9.17, 15) is 9.59 Å². The number of aryl methyl sites for hydroxylation is 3. The molecule has 190 valence electrons. The van der Waals surface area contributed by atoms with Gasteiger partial charge in [0, 0.05) is 19.0 Å². The molecule has 0 spiro atoms. The van der Waals surface area contributed by atoms with E-state index in [0.717, 1.165) is 34.2 Å². The predicted octanol–water partition coefficient (Wildman–Crippen LogP) is 5.55. The molecule has 0 aliphatic carbocycles. The van der Waals surface area contributed by atoms with Crippen LogP contribution in [0.1, 0.15) is 48.1 Å². The van der Waals surface area contributed by atoms with Gasteiger partial charge < -0.3 is 15.0 Å². The Balaban J connectivity index is 1.91. The highest BCUT2D eigenvalue weighted by atomic mass is 16.5. The van der Waals surface area contributed by atoms with E-state index in [2.05, 4.69) is 5.32 Å². The molecular formula is C31H38N2O3. The highest BCUT2D eigenvalue weighted by molar-refractivity contribution is 5.88. The van der Waals surface area contributed by atoms with Crippen LogP contribution in [0.25, 0.3) is 0 Å². The van der Waals surface area contributed by atoms with Gasteiger partial charge in [-0.15, -0.1) is 0 Å². The fourth-order valence-corrected chi connectivity index (χ4v) is 4.07. The predicted molar refractivity (Wildman–Crippen MR) is 145 cm³/mol. The van der Waals surface area contributed by atoms with E-state index < -0.39 is 6.04 Å². The summed E-state index contributed by atoms with van der Waals surface area (Å²) in [5.41, 5.74) is 5.22. The van der Waals surface area contributed by atoms with Crippen LogP contribution in [0, 0.1) is 20.8 Å². The third-order valence-electron chi connectivity index (χ3n) is 6.43. The maximum absolute atomic E-state index is 13.7. The van der Waals surface area contributed by atoms with Gasteiger partial charge in [-0.25, -0.2) is 0 Å². The van der Waals surface area contributed by atoms with E-state index >= 15 is 0 Å². The van der Waals surface area contributed by atoms with Crippen molar-refractivity contribution in [3.63, 3.8) is 0 Å². The zero-order valence-corrected chi connectivity index (χ0v) is 22.1. The van der Waals surface area contributed by atoms with Crippen LogP contribution in [-0.2, 0) is 22.6 Å². The number of amides is 2. The van der Waals surface area contributed by atoms with Crippen LogP contribution in [0.15, 0.2) is 72.8 Å². The van der Waals surface area contributed by atoms with Gasteiger partial charge in [-0.1, -0.05) is 84.8 Å². The topological polar surface area (TPSA) is 58.6 Å². The number of hydrogen-bond donors (Lipinski definition) is 1. The Morgan fingerprint density at radius 2 is 1.56 bits per heavy atom. The van der Waals surface area contributed by atoms with Crippen molar-refractivity contribution in [2.75, 3.05) is 6.61 Å². The first kappa shape index (κ1) is 27.0. The molecule has 0 aliphatic heterocycles. The number of ether oxygens (including phenoxy) is 1. The van der Waals surface area contributed by atoms with Crippen molar-refractivity contribution in [1.82, 2.24) is 10.2 Å². The number of carbonyl (C=O) groups is 2. The molecule has 2 atom stereocenters. The van der Waals surface area contributed by atoms with Crippen molar-refractivity contribution in [2.45, 2.75) is 66.1 Å². The third kappa shape index (κ3) is 7.70. The van der Waals surface area contributed by atoms with Crippen LogP contribution in [-0.4, -0.2) is 35.4 Å². The van der Waals surface area contributed by atoms with E-state index in [1.165, 1.54) is 0 Å². The van der Waals surface area contributed by atoms with E-state index in [-0.39, 0.29) is 24.5 Å². The van der Waals surface area contributed by atoms with Gasteiger partial charge in [0.25, 0.3) is 5.91 Å². The zero-order chi connectivity index (χ0) is 26.1. The molecule has 0 aliphatic rings. The molecule has 3 aromatic rings. The molecule has 0 unspecified atom stereocenters. The Morgan fingerprint density at radius 1 is 0.889 bits per heavy atom. The molecule has 0 saturated heterocycles. The van der Waals surface area contributed by atoms with Crippen molar-refractivity contribution < 1.29 is 14.3 Å². The number of nitrogens with zero attached hydrogens (tertiary/aromatic N) is 1. The first-order chi connectivity index (χ1) is 17.3. The molecule has 2 amide bonds. The number of nitrogens with one attached hydrogen (secondary N) is 1. The van der Waals surface area contributed by atoms with Gasteiger partial charge in [-0.3, -0.25) is 9.59 Å². The second kappa shape index (κ2) is 12.9. The molecule has 0 bridgehead atoms. The fourth-order valence-electron chi connectivity index (χ4n) is 4.07. The van der Waals surface area contributed by atoms with Crippen LogP contribution >= 0.6 is 0 Å². The first-order valence-corrected chi connectivity index (χ1v) is 12.7. The monoisotopic (exact) mass is 486 g/mol. The minimum Gasteiger partial charge on any atom is -0.483 e. The maximum atomic E-state index is 13.7. The van der Waals surface area contributed by atoms with Gasteiger partial charge in [-0.2, -0.15) is 0 Å². The van der Waals surface area contributed by atoms with Gasteiger partial charge in [0.2, 0.25) is 5.91 Å². The SMILES string of the molecule is CC[C@@H](C)NC(=O)[C@@H](Cc1ccccc1)N(Cc1ccc(C)cc1)C(=O)COc1ccc(C)cc1C. The average Bonchev–Trinajstić information content (AvgIpc) is 2.87. The minimum atomic E-state index is -0.669. The summed E-state index contributed by atoms with van der Waals surface area (Å²) in [6, 6.07) is 23.1. The molecule has 0 aromatic heterocycles. The summed E-state index contributed by atoms with van der Waals surface area (Å²) in [5, 5.41) is 3.10. The Labute approximate surface area is 215 Å². The molecular weight excluding hydrogens is 448 g/mol.